The van der Waals surface area contributed by atoms with Crippen LogP contribution in [0.5, 0.6) is 11.5 Å². The first kappa shape index (κ1) is 23.3. The van der Waals surface area contributed by atoms with Crippen molar-refractivity contribution in [1.29, 1.82) is 0 Å². The van der Waals surface area contributed by atoms with E-state index in [0.29, 0.717) is 42.3 Å². The van der Waals surface area contributed by atoms with Gasteiger partial charge < -0.3 is 24.8 Å². The Morgan fingerprint density at radius 3 is 2.29 bits per heavy atom. The van der Waals surface area contributed by atoms with Gasteiger partial charge in [-0.25, -0.2) is 0 Å². The van der Waals surface area contributed by atoms with Crippen LogP contribution in [0, 0.1) is 0 Å². The van der Waals surface area contributed by atoms with E-state index < -0.39 is 0 Å². The summed E-state index contributed by atoms with van der Waals surface area (Å²) >= 11 is 0. The van der Waals surface area contributed by atoms with Crippen LogP contribution < -0.4 is 20.1 Å². The monoisotopic (exact) mass is 460 g/mol. The number of amides is 2. The molecular formula is C27H28N2O5. The maximum atomic E-state index is 12.8. The summed E-state index contributed by atoms with van der Waals surface area (Å²) in [6.45, 7) is 1.97. The summed E-state index contributed by atoms with van der Waals surface area (Å²) < 4.78 is 16.9. The van der Waals surface area contributed by atoms with Crippen LogP contribution in [-0.4, -0.2) is 44.3 Å². The smallest absolute Gasteiger partial charge is 0.255 e. The molecule has 3 aromatic rings. The highest BCUT2D eigenvalue weighted by Crippen LogP contribution is 2.17. The van der Waals surface area contributed by atoms with Crippen molar-refractivity contribution in [3.63, 3.8) is 0 Å². The summed E-state index contributed by atoms with van der Waals surface area (Å²) in [5.41, 5.74) is 1.47. The van der Waals surface area contributed by atoms with Gasteiger partial charge in [0.1, 0.15) is 24.7 Å². The van der Waals surface area contributed by atoms with Gasteiger partial charge in [-0.3, -0.25) is 9.59 Å². The van der Waals surface area contributed by atoms with Gasteiger partial charge in [-0.05, 0) is 61.4 Å². The SMILES string of the molecule is O=C(NCC1CCCO1)c1cccc(NC(=O)c2cccc(OCCOc3ccccc3)c2)c1. The fraction of sp³-hybridized carbons (Fsp3) is 0.259. The molecule has 0 bridgehead atoms. The topological polar surface area (TPSA) is 85.9 Å². The molecule has 2 amide bonds. The van der Waals surface area contributed by atoms with Gasteiger partial charge in [0.05, 0.1) is 6.10 Å². The molecule has 1 atom stereocenters. The average molecular weight is 461 g/mol. The van der Waals surface area contributed by atoms with Crippen molar-refractivity contribution in [1.82, 2.24) is 5.32 Å². The molecule has 1 aliphatic heterocycles. The Kier molecular flexibility index (Phi) is 8.13. The summed E-state index contributed by atoms with van der Waals surface area (Å²) in [4.78, 5) is 25.2. The van der Waals surface area contributed by atoms with E-state index in [1.807, 2.05) is 30.3 Å². The van der Waals surface area contributed by atoms with Gasteiger partial charge >= 0.3 is 0 Å². The molecule has 7 heteroatoms. The molecule has 1 unspecified atom stereocenters. The van der Waals surface area contributed by atoms with E-state index >= 15 is 0 Å². The van der Waals surface area contributed by atoms with Crippen molar-refractivity contribution in [3.05, 3.63) is 90.0 Å². The summed E-state index contributed by atoms with van der Waals surface area (Å²) in [5.74, 6) is 0.871. The van der Waals surface area contributed by atoms with Crippen LogP contribution in [0.4, 0.5) is 5.69 Å². The fourth-order valence-corrected chi connectivity index (χ4v) is 3.62. The van der Waals surface area contributed by atoms with E-state index in [4.69, 9.17) is 14.2 Å². The van der Waals surface area contributed by atoms with E-state index in [2.05, 4.69) is 10.6 Å². The minimum atomic E-state index is -0.289. The minimum absolute atomic E-state index is 0.0752. The molecule has 1 fully saturated rings. The molecule has 0 saturated carbocycles. The van der Waals surface area contributed by atoms with Gasteiger partial charge in [0, 0.05) is 30.0 Å². The van der Waals surface area contributed by atoms with Crippen LogP contribution in [0.2, 0.25) is 0 Å². The van der Waals surface area contributed by atoms with Crippen LogP contribution in [-0.2, 0) is 4.74 Å². The molecule has 0 spiro atoms. The molecule has 4 rings (SSSR count). The number of para-hydroxylation sites is 1. The third kappa shape index (κ3) is 6.83. The van der Waals surface area contributed by atoms with Gasteiger partial charge in [0.25, 0.3) is 11.8 Å². The molecule has 0 aliphatic carbocycles. The van der Waals surface area contributed by atoms with Gasteiger partial charge in [0.15, 0.2) is 0 Å². The van der Waals surface area contributed by atoms with Crippen LogP contribution >= 0.6 is 0 Å². The maximum Gasteiger partial charge on any atom is 0.255 e. The number of ether oxygens (including phenoxy) is 3. The number of hydrogen-bond acceptors (Lipinski definition) is 5. The van der Waals surface area contributed by atoms with E-state index in [9.17, 15) is 9.59 Å². The van der Waals surface area contributed by atoms with Crippen molar-refractivity contribution in [3.8, 4) is 11.5 Å². The molecule has 176 valence electrons. The molecule has 3 aromatic carbocycles. The highest BCUT2D eigenvalue weighted by molar-refractivity contribution is 6.05. The quantitative estimate of drug-likeness (QED) is 0.441. The largest absolute Gasteiger partial charge is 0.490 e. The first-order valence-electron chi connectivity index (χ1n) is 11.4. The molecule has 1 saturated heterocycles. The lowest BCUT2D eigenvalue weighted by Crippen LogP contribution is -2.31. The van der Waals surface area contributed by atoms with Gasteiger partial charge in [0.2, 0.25) is 0 Å². The Morgan fingerprint density at radius 1 is 0.824 bits per heavy atom. The Bertz CT molecular complexity index is 1100. The van der Waals surface area contributed by atoms with Crippen LogP contribution in [0.25, 0.3) is 0 Å². The van der Waals surface area contributed by atoms with E-state index in [0.717, 1.165) is 25.2 Å². The third-order valence-electron chi connectivity index (χ3n) is 5.36. The van der Waals surface area contributed by atoms with Gasteiger partial charge in [-0.1, -0.05) is 30.3 Å². The number of nitrogens with one attached hydrogen (secondary N) is 2. The molecular weight excluding hydrogens is 432 g/mol. The highest BCUT2D eigenvalue weighted by Gasteiger charge is 2.17. The fourth-order valence-electron chi connectivity index (χ4n) is 3.62. The van der Waals surface area contributed by atoms with Crippen molar-refractivity contribution in [2.75, 3.05) is 31.7 Å². The zero-order valence-corrected chi connectivity index (χ0v) is 18.9. The predicted octanol–water partition coefficient (Wildman–Crippen LogP) is 4.31. The van der Waals surface area contributed by atoms with Gasteiger partial charge in [-0.2, -0.15) is 0 Å². The highest BCUT2D eigenvalue weighted by atomic mass is 16.5. The number of hydrogen-bond donors (Lipinski definition) is 2. The molecule has 0 aromatic heterocycles. The zero-order valence-electron chi connectivity index (χ0n) is 18.9. The summed E-state index contributed by atoms with van der Waals surface area (Å²) in [7, 11) is 0. The summed E-state index contributed by atoms with van der Waals surface area (Å²) in [6, 6.07) is 23.3. The standard InChI is InChI=1S/C27H28N2O5/c30-26(28-19-25-13-6-14-32-25)20-7-4-9-22(17-20)29-27(31)21-8-5-12-24(18-21)34-16-15-33-23-10-2-1-3-11-23/h1-5,7-12,17-18,25H,6,13-16,19H2,(H,28,30)(H,29,31). The number of carbonyl (C=O) groups is 2. The van der Waals surface area contributed by atoms with E-state index in [1.165, 1.54) is 0 Å². The maximum absolute atomic E-state index is 12.8. The molecule has 1 heterocycles. The lowest BCUT2D eigenvalue weighted by molar-refractivity contribution is 0.0857. The van der Waals surface area contributed by atoms with Crippen molar-refractivity contribution >= 4 is 17.5 Å². The first-order chi connectivity index (χ1) is 16.7. The molecule has 0 radical (unpaired) electrons. The second-order valence-electron chi connectivity index (χ2n) is 7.92. The Hall–Kier alpha value is -3.84. The molecule has 7 nitrogen and oxygen atoms in total. The van der Waals surface area contributed by atoms with Gasteiger partial charge in [-0.15, -0.1) is 0 Å². The number of benzene rings is 3. The Labute approximate surface area is 199 Å². The molecule has 34 heavy (non-hydrogen) atoms. The number of anilines is 1. The number of rotatable bonds is 10. The van der Waals surface area contributed by atoms with E-state index in [1.54, 1.807) is 48.5 Å². The molecule has 2 N–H and O–H groups in total. The Morgan fingerprint density at radius 2 is 1.53 bits per heavy atom. The van der Waals surface area contributed by atoms with Crippen LogP contribution in [0.3, 0.4) is 0 Å². The lowest BCUT2D eigenvalue weighted by Gasteiger charge is -2.12. The van der Waals surface area contributed by atoms with E-state index in [-0.39, 0.29) is 17.9 Å². The summed E-state index contributed by atoms with van der Waals surface area (Å²) in [5, 5.41) is 5.73. The third-order valence-corrected chi connectivity index (χ3v) is 5.36. The molecule has 1 aliphatic rings. The van der Waals surface area contributed by atoms with Crippen molar-refractivity contribution in [2.24, 2.45) is 0 Å². The Balaban J connectivity index is 1.28. The average Bonchev–Trinajstić information content (AvgIpc) is 3.40. The number of carbonyl (C=O) groups excluding carboxylic acids is 2. The van der Waals surface area contributed by atoms with Crippen LogP contribution in [0.1, 0.15) is 33.6 Å². The van der Waals surface area contributed by atoms with Crippen LogP contribution in [0.15, 0.2) is 78.9 Å². The normalized spacial score (nSPS) is 14.9. The lowest BCUT2D eigenvalue weighted by atomic mass is 10.1. The predicted molar refractivity (Wildman–Crippen MR) is 130 cm³/mol. The minimum Gasteiger partial charge on any atom is -0.490 e. The summed E-state index contributed by atoms with van der Waals surface area (Å²) in [6.07, 6.45) is 2.06. The first-order valence-corrected chi connectivity index (χ1v) is 11.4. The zero-order chi connectivity index (χ0) is 23.6. The van der Waals surface area contributed by atoms with Crippen molar-refractivity contribution < 1.29 is 23.8 Å². The second-order valence-corrected chi connectivity index (χ2v) is 7.92. The van der Waals surface area contributed by atoms with Crippen molar-refractivity contribution in [2.45, 2.75) is 18.9 Å². The second kappa shape index (κ2) is 11.9.